The fraction of sp³-hybridized carbons (Fsp3) is 0. The van der Waals surface area contributed by atoms with E-state index >= 15 is 0 Å². The molecule has 0 fully saturated rings. The fourth-order valence-electron chi connectivity index (χ4n) is 1.18. The molecule has 0 saturated heterocycles. The van der Waals surface area contributed by atoms with Crippen molar-refractivity contribution < 1.29 is 4.79 Å². The van der Waals surface area contributed by atoms with Crippen LogP contribution < -0.4 is 5.32 Å². The van der Waals surface area contributed by atoms with Gasteiger partial charge in [0.25, 0.3) is 5.91 Å². The van der Waals surface area contributed by atoms with Crippen molar-refractivity contribution in [3.63, 3.8) is 0 Å². The topological polar surface area (TPSA) is 29.1 Å². The third kappa shape index (κ3) is 3.40. The summed E-state index contributed by atoms with van der Waals surface area (Å²) >= 11 is 11.5. The van der Waals surface area contributed by atoms with E-state index in [1.807, 2.05) is 24.3 Å². The molecule has 88 valence electrons. The predicted octanol–water partition coefficient (Wildman–Crippen LogP) is 5.29. The summed E-state index contributed by atoms with van der Waals surface area (Å²) in [7, 11) is 0. The third-order valence-electron chi connectivity index (χ3n) is 1.97. The number of benzene rings is 1. The molecule has 2 aromatic rings. The summed E-state index contributed by atoms with van der Waals surface area (Å²) in [6.45, 7) is 0. The molecule has 17 heavy (non-hydrogen) atoms. The molecule has 0 bridgehead atoms. The van der Waals surface area contributed by atoms with Crippen LogP contribution in [0.15, 0.2) is 43.1 Å². The standard InChI is InChI=1S/C11H6Br3NOS/c12-6-1-3-7(4-2-6)15-11(16)9-5-8(13)10(14)17-9/h1-5H,(H,15,16). The van der Waals surface area contributed by atoms with E-state index in [1.165, 1.54) is 11.3 Å². The summed E-state index contributed by atoms with van der Waals surface area (Å²) in [4.78, 5) is 12.6. The molecule has 0 unspecified atom stereocenters. The second-order valence-corrected chi connectivity index (χ2v) is 7.33. The largest absolute Gasteiger partial charge is 0.321 e. The van der Waals surface area contributed by atoms with Crippen molar-refractivity contribution in [1.29, 1.82) is 0 Å². The van der Waals surface area contributed by atoms with Gasteiger partial charge in [-0.3, -0.25) is 4.79 Å². The molecule has 1 aromatic carbocycles. The molecule has 1 heterocycles. The van der Waals surface area contributed by atoms with E-state index in [4.69, 9.17) is 0 Å². The SMILES string of the molecule is O=C(Nc1ccc(Br)cc1)c1cc(Br)c(Br)s1. The Morgan fingerprint density at radius 2 is 1.76 bits per heavy atom. The van der Waals surface area contributed by atoms with E-state index in [2.05, 4.69) is 53.1 Å². The van der Waals surface area contributed by atoms with Gasteiger partial charge < -0.3 is 5.32 Å². The van der Waals surface area contributed by atoms with Crippen molar-refractivity contribution >= 4 is 70.7 Å². The highest BCUT2D eigenvalue weighted by Gasteiger charge is 2.11. The van der Waals surface area contributed by atoms with Gasteiger partial charge in [-0.05, 0) is 62.2 Å². The van der Waals surface area contributed by atoms with Crippen molar-refractivity contribution in [2.24, 2.45) is 0 Å². The number of hydrogen-bond donors (Lipinski definition) is 1. The number of hydrogen-bond acceptors (Lipinski definition) is 2. The number of carbonyl (C=O) groups excluding carboxylic acids is 1. The molecule has 2 nitrogen and oxygen atoms in total. The highest BCUT2D eigenvalue weighted by Crippen LogP contribution is 2.32. The molecule has 0 saturated carbocycles. The number of anilines is 1. The lowest BCUT2D eigenvalue weighted by Crippen LogP contribution is -2.09. The second kappa shape index (κ2) is 5.65. The fourth-order valence-corrected chi connectivity index (χ4v) is 3.38. The lowest BCUT2D eigenvalue weighted by Gasteiger charge is -2.02. The van der Waals surface area contributed by atoms with E-state index in [9.17, 15) is 4.79 Å². The predicted molar refractivity (Wildman–Crippen MR) is 81.8 cm³/mol. The monoisotopic (exact) mass is 437 g/mol. The Kier molecular flexibility index (Phi) is 4.41. The molecular formula is C11H6Br3NOS. The van der Waals surface area contributed by atoms with Crippen LogP contribution in [-0.2, 0) is 0 Å². The molecule has 0 aliphatic rings. The van der Waals surface area contributed by atoms with Gasteiger partial charge in [0.1, 0.15) is 0 Å². The lowest BCUT2D eigenvalue weighted by atomic mass is 10.3. The van der Waals surface area contributed by atoms with Crippen molar-refractivity contribution in [2.45, 2.75) is 0 Å². The van der Waals surface area contributed by atoms with Gasteiger partial charge in [0.05, 0.1) is 8.66 Å². The van der Waals surface area contributed by atoms with Crippen LogP contribution in [-0.4, -0.2) is 5.91 Å². The van der Waals surface area contributed by atoms with Gasteiger partial charge in [-0.15, -0.1) is 11.3 Å². The van der Waals surface area contributed by atoms with Gasteiger partial charge in [0.15, 0.2) is 0 Å². The summed E-state index contributed by atoms with van der Waals surface area (Å²) in [5.41, 5.74) is 0.777. The molecular weight excluding hydrogens is 434 g/mol. The maximum atomic E-state index is 11.9. The molecule has 0 aliphatic heterocycles. The Balaban J connectivity index is 2.14. The van der Waals surface area contributed by atoms with Crippen molar-refractivity contribution in [1.82, 2.24) is 0 Å². The average molecular weight is 440 g/mol. The maximum absolute atomic E-state index is 11.9. The molecule has 1 aromatic heterocycles. The smallest absolute Gasteiger partial charge is 0.265 e. The Labute approximate surface area is 128 Å². The van der Waals surface area contributed by atoms with Crippen molar-refractivity contribution in [3.05, 3.63) is 47.9 Å². The van der Waals surface area contributed by atoms with E-state index in [0.29, 0.717) is 4.88 Å². The highest BCUT2D eigenvalue weighted by atomic mass is 79.9. The highest BCUT2D eigenvalue weighted by molar-refractivity contribution is 9.13. The molecule has 2 rings (SSSR count). The normalized spacial score (nSPS) is 10.3. The first-order valence-electron chi connectivity index (χ1n) is 4.58. The third-order valence-corrected chi connectivity index (χ3v) is 5.75. The van der Waals surface area contributed by atoms with Crippen molar-refractivity contribution in [2.75, 3.05) is 5.32 Å². The number of amides is 1. The summed E-state index contributed by atoms with van der Waals surface area (Å²) in [6, 6.07) is 9.26. The Hall–Kier alpha value is -0.170. The van der Waals surface area contributed by atoms with E-state index in [-0.39, 0.29) is 5.91 Å². The molecule has 1 N–H and O–H groups in total. The van der Waals surface area contributed by atoms with Crippen LogP contribution in [0.2, 0.25) is 0 Å². The van der Waals surface area contributed by atoms with E-state index in [1.54, 1.807) is 6.07 Å². The molecule has 0 atom stereocenters. The van der Waals surface area contributed by atoms with Crippen LogP contribution in [0.25, 0.3) is 0 Å². The molecule has 0 spiro atoms. The van der Waals surface area contributed by atoms with Gasteiger partial charge in [-0.25, -0.2) is 0 Å². The first-order chi connectivity index (χ1) is 8.06. The van der Waals surface area contributed by atoms with Gasteiger partial charge in [-0.2, -0.15) is 0 Å². The van der Waals surface area contributed by atoms with Crippen LogP contribution in [0.3, 0.4) is 0 Å². The molecule has 0 radical (unpaired) electrons. The zero-order valence-corrected chi connectivity index (χ0v) is 13.9. The number of carbonyl (C=O) groups is 1. The van der Waals surface area contributed by atoms with Crippen LogP contribution in [0, 0.1) is 0 Å². The zero-order chi connectivity index (χ0) is 12.4. The van der Waals surface area contributed by atoms with Crippen LogP contribution in [0.5, 0.6) is 0 Å². The Bertz CT molecular complexity index is 531. The number of nitrogens with one attached hydrogen (secondary N) is 1. The average Bonchev–Trinajstić information content (AvgIpc) is 2.63. The summed E-state index contributed by atoms with van der Waals surface area (Å²) < 4.78 is 2.79. The summed E-state index contributed by atoms with van der Waals surface area (Å²) in [6.07, 6.45) is 0. The number of halogens is 3. The van der Waals surface area contributed by atoms with E-state index < -0.39 is 0 Å². The van der Waals surface area contributed by atoms with Crippen LogP contribution in [0.4, 0.5) is 5.69 Å². The Morgan fingerprint density at radius 1 is 1.12 bits per heavy atom. The molecule has 0 aliphatic carbocycles. The van der Waals surface area contributed by atoms with Gasteiger partial charge >= 0.3 is 0 Å². The molecule has 6 heteroatoms. The van der Waals surface area contributed by atoms with Crippen molar-refractivity contribution in [3.8, 4) is 0 Å². The quantitative estimate of drug-likeness (QED) is 0.677. The van der Waals surface area contributed by atoms with Crippen LogP contribution in [0.1, 0.15) is 9.67 Å². The number of rotatable bonds is 2. The minimum absolute atomic E-state index is 0.108. The van der Waals surface area contributed by atoms with Gasteiger partial charge in [0.2, 0.25) is 0 Å². The van der Waals surface area contributed by atoms with E-state index in [0.717, 1.165) is 18.4 Å². The lowest BCUT2D eigenvalue weighted by molar-refractivity contribution is 0.103. The first-order valence-corrected chi connectivity index (χ1v) is 7.77. The molecule has 1 amide bonds. The minimum atomic E-state index is -0.108. The van der Waals surface area contributed by atoms with Gasteiger partial charge in [-0.1, -0.05) is 15.9 Å². The summed E-state index contributed by atoms with van der Waals surface area (Å²) in [5.74, 6) is -0.108. The first kappa shape index (κ1) is 13.3. The minimum Gasteiger partial charge on any atom is -0.321 e. The second-order valence-electron chi connectivity index (χ2n) is 3.19. The van der Waals surface area contributed by atoms with Crippen LogP contribution >= 0.6 is 59.1 Å². The summed E-state index contributed by atoms with van der Waals surface area (Å²) in [5, 5.41) is 2.83. The maximum Gasteiger partial charge on any atom is 0.265 e. The Morgan fingerprint density at radius 3 is 2.29 bits per heavy atom. The van der Waals surface area contributed by atoms with Gasteiger partial charge in [0, 0.05) is 14.6 Å². The zero-order valence-electron chi connectivity index (χ0n) is 8.34. The number of thiophene rings is 1.